The third-order valence-electron chi connectivity index (χ3n) is 4.83. The Balaban J connectivity index is 1.93. The summed E-state index contributed by atoms with van der Waals surface area (Å²) in [5.41, 5.74) is 1.65. The summed E-state index contributed by atoms with van der Waals surface area (Å²) >= 11 is 7.65. The van der Waals surface area contributed by atoms with Crippen LogP contribution in [0.15, 0.2) is 24.5 Å². The molecule has 1 aromatic heterocycles. The lowest BCUT2D eigenvalue weighted by Gasteiger charge is -2.36. The van der Waals surface area contributed by atoms with Gasteiger partial charge >= 0.3 is 12.0 Å². The molecular weight excluding hydrogens is 419 g/mol. The van der Waals surface area contributed by atoms with Crippen LogP contribution in [0.1, 0.15) is 29.4 Å². The summed E-state index contributed by atoms with van der Waals surface area (Å²) in [4.78, 5) is 34.0. The number of carbonyl (C=O) groups excluding carboxylic acids is 2. The van der Waals surface area contributed by atoms with E-state index in [1.54, 1.807) is 11.8 Å². The van der Waals surface area contributed by atoms with Gasteiger partial charge in [0.05, 0.1) is 19.1 Å². The Morgan fingerprint density at radius 2 is 2.31 bits per heavy atom. The van der Waals surface area contributed by atoms with E-state index in [1.807, 2.05) is 6.26 Å². The molecule has 0 unspecified atom stereocenters. The minimum absolute atomic E-state index is 0.249. The van der Waals surface area contributed by atoms with Crippen LogP contribution in [-0.4, -0.2) is 58.6 Å². The molecule has 1 aliphatic rings. The van der Waals surface area contributed by atoms with Crippen molar-refractivity contribution in [3.05, 3.63) is 52.3 Å². The summed E-state index contributed by atoms with van der Waals surface area (Å²) in [5, 5.41) is 3.09. The average Bonchev–Trinajstić information content (AvgIpc) is 3.20. The third kappa shape index (κ3) is 4.67. The topological polar surface area (TPSA) is 87.3 Å². The summed E-state index contributed by atoms with van der Waals surface area (Å²) in [6.45, 7) is 0.327. The molecule has 2 aromatic rings. The highest BCUT2D eigenvalue weighted by molar-refractivity contribution is 7.98. The smallest absolute Gasteiger partial charge is 0.328 e. The zero-order valence-electron chi connectivity index (χ0n) is 16.1. The summed E-state index contributed by atoms with van der Waals surface area (Å²) in [6, 6.07) is 2.18. The molecule has 2 amide bonds. The van der Waals surface area contributed by atoms with Crippen LogP contribution < -0.4 is 5.32 Å². The van der Waals surface area contributed by atoms with E-state index in [9.17, 15) is 14.0 Å². The van der Waals surface area contributed by atoms with Gasteiger partial charge in [-0.2, -0.15) is 11.8 Å². The molecule has 10 heteroatoms. The average molecular weight is 441 g/mol. The Morgan fingerprint density at radius 1 is 1.52 bits per heavy atom. The van der Waals surface area contributed by atoms with E-state index in [-0.39, 0.29) is 5.56 Å². The number of aromatic nitrogens is 2. The Labute approximate surface area is 177 Å². The lowest BCUT2D eigenvalue weighted by Crippen LogP contribution is -2.51. The van der Waals surface area contributed by atoms with Gasteiger partial charge in [-0.15, -0.1) is 0 Å². The highest BCUT2D eigenvalue weighted by Crippen LogP contribution is 2.35. The number of urea groups is 1. The molecule has 1 aromatic carbocycles. The van der Waals surface area contributed by atoms with E-state index in [1.165, 1.54) is 36.5 Å². The van der Waals surface area contributed by atoms with Crippen molar-refractivity contribution in [1.82, 2.24) is 20.2 Å². The first-order chi connectivity index (χ1) is 14.0. The molecule has 3 rings (SSSR count). The zero-order valence-corrected chi connectivity index (χ0v) is 17.6. The number of hydrogen-bond donors (Lipinski definition) is 2. The van der Waals surface area contributed by atoms with Crippen molar-refractivity contribution < 1.29 is 18.7 Å². The van der Waals surface area contributed by atoms with E-state index < -0.39 is 29.9 Å². The maximum atomic E-state index is 14.7. The number of hydrogen-bond acceptors (Lipinski definition) is 5. The number of ether oxygens (including phenoxy) is 1. The predicted octanol–water partition coefficient (Wildman–Crippen LogP) is 3.15. The predicted molar refractivity (Wildman–Crippen MR) is 110 cm³/mol. The largest absolute Gasteiger partial charge is 0.467 e. The van der Waals surface area contributed by atoms with E-state index in [2.05, 4.69) is 15.3 Å². The van der Waals surface area contributed by atoms with E-state index in [0.717, 1.165) is 5.69 Å². The van der Waals surface area contributed by atoms with Crippen molar-refractivity contribution in [3.63, 3.8) is 0 Å². The number of imidazole rings is 1. The second-order valence-electron chi connectivity index (χ2n) is 6.58. The second kappa shape index (κ2) is 9.49. The Kier molecular flexibility index (Phi) is 7.02. The number of fused-ring (bicyclic) bond motifs is 1. The Bertz CT molecular complexity index is 894. The minimum atomic E-state index is -0.787. The van der Waals surface area contributed by atoms with Crippen LogP contribution in [0.5, 0.6) is 0 Å². The fourth-order valence-corrected chi connectivity index (χ4v) is 4.05. The van der Waals surface area contributed by atoms with Gasteiger partial charge in [0.2, 0.25) is 0 Å². The van der Waals surface area contributed by atoms with Crippen LogP contribution in [0.4, 0.5) is 9.18 Å². The monoisotopic (exact) mass is 440 g/mol. The molecule has 0 bridgehead atoms. The second-order valence-corrected chi connectivity index (χ2v) is 8.01. The summed E-state index contributed by atoms with van der Waals surface area (Å²) in [6.07, 6.45) is 4.40. The molecule has 2 atom stereocenters. The first-order valence-electron chi connectivity index (χ1n) is 9.07. The van der Waals surface area contributed by atoms with E-state index in [0.29, 0.717) is 35.9 Å². The molecule has 2 N–H and O–H groups in total. The molecule has 0 aliphatic carbocycles. The first kappa shape index (κ1) is 21.4. The normalized spacial score (nSPS) is 16.8. The van der Waals surface area contributed by atoms with Crippen molar-refractivity contribution in [2.45, 2.75) is 24.9 Å². The molecule has 0 spiro atoms. The molecule has 0 saturated heterocycles. The number of amides is 2. The zero-order chi connectivity index (χ0) is 21.0. The lowest BCUT2D eigenvalue weighted by atomic mass is 9.95. The van der Waals surface area contributed by atoms with Gasteiger partial charge in [0.1, 0.15) is 17.9 Å². The van der Waals surface area contributed by atoms with Gasteiger partial charge in [-0.3, -0.25) is 0 Å². The van der Waals surface area contributed by atoms with Gasteiger partial charge in [-0.05, 0) is 36.6 Å². The molecule has 7 nitrogen and oxygen atoms in total. The maximum Gasteiger partial charge on any atom is 0.328 e. The number of aromatic amines is 1. The molecule has 29 heavy (non-hydrogen) atoms. The van der Waals surface area contributed by atoms with Crippen LogP contribution in [-0.2, 0) is 16.0 Å². The number of H-pyrrole nitrogens is 1. The number of rotatable bonds is 6. The van der Waals surface area contributed by atoms with Gasteiger partial charge in [0.15, 0.2) is 0 Å². The maximum absolute atomic E-state index is 14.7. The molecule has 0 saturated carbocycles. The van der Waals surface area contributed by atoms with Crippen LogP contribution >= 0.6 is 23.4 Å². The summed E-state index contributed by atoms with van der Waals surface area (Å²) in [7, 11) is 1.28. The molecule has 2 heterocycles. The number of nitrogens with one attached hydrogen (secondary N) is 2. The lowest BCUT2D eigenvalue weighted by molar-refractivity contribution is -0.142. The third-order valence-corrected chi connectivity index (χ3v) is 5.71. The molecule has 0 radical (unpaired) electrons. The van der Waals surface area contributed by atoms with Crippen molar-refractivity contribution in [2.24, 2.45) is 0 Å². The van der Waals surface area contributed by atoms with E-state index >= 15 is 0 Å². The van der Waals surface area contributed by atoms with Crippen molar-refractivity contribution in [2.75, 3.05) is 25.7 Å². The number of benzene rings is 1. The van der Waals surface area contributed by atoms with Crippen molar-refractivity contribution >= 4 is 35.4 Å². The summed E-state index contributed by atoms with van der Waals surface area (Å²) in [5.74, 6) is -0.328. The van der Waals surface area contributed by atoms with Crippen LogP contribution in [0.25, 0.3) is 0 Å². The van der Waals surface area contributed by atoms with Crippen molar-refractivity contribution in [3.8, 4) is 0 Å². The van der Waals surface area contributed by atoms with Crippen LogP contribution in [0, 0.1) is 5.82 Å². The highest BCUT2D eigenvalue weighted by atomic mass is 35.5. The standard InChI is InChI=1S/C19H22ClFN4O3S/c1-28-18(26)15(6-8-29-2)24-19(27)25-7-5-14-16(23-10-22-14)17(25)12-9-11(20)3-4-13(12)21/h3-4,9-10,15,17H,5-8H2,1-2H3,(H,22,23)(H,24,27)/t15-,17-/m0/s1. The van der Waals surface area contributed by atoms with Gasteiger partial charge in [-0.1, -0.05) is 11.6 Å². The van der Waals surface area contributed by atoms with Gasteiger partial charge in [0.25, 0.3) is 0 Å². The number of esters is 1. The molecule has 1 aliphatic heterocycles. The van der Waals surface area contributed by atoms with Crippen LogP contribution in [0.2, 0.25) is 5.02 Å². The quantitative estimate of drug-likeness (QED) is 0.674. The number of halogens is 2. The molecule has 0 fully saturated rings. The number of carbonyl (C=O) groups is 2. The Hall–Kier alpha value is -2.26. The number of thioether (sulfide) groups is 1. The fourth-order valence-electron chi connectivity index (χ4n) is 3.39. The van der Waals surface area contributed by atoms with Gasteiger partial charge in [0, 0.05) is 29.2 Å². The number of methoxy groups -OCH3 is 1. The summed E-state index contributed by atoms with van der Waals surface area (Å²) < 4.78 is 19.5. The van der Waals surface area contributed by atoms with Crippen molar-refractivity contribution in [1.29, 1.82) is 0 Å². The first-order valence-corrected chi connectivity index (χ1v) is 10.8. The number of nitrogens with zero attached hydrogens (tertiary/aromatic N) is 2. The van der Waals surface area contributed by atoms with Crippen LogP contribution in [0.3, 0.4) is 0 Å². The van der Waals surface area contributed by atoms with E-state index in [4.69, 9.17) is 16.3 Å². The van der Waals surface area contributed by atoms with Gasteiger partial charge < -0.3 is 19.9 Å². The molecule has 156 valence electrons. The fraction of sp³-hybridized carbons (Fsp3) is 0.421. The van der Waals surface area contributed by atoms with Gasteiger partial charge in [-0.25, -0.2) is 19.0 Å². The SMILES string of the molecule is COC(=O)[C@H](CCSC)NC(=O)N1CCc2[nH]cnc2[C@@H]1c1cc(Cl)ccc1F. The molecular formula is C19H22ClFN4O3S. The Morgan fingerprint density at radius 3 is 3.03 bits per heavy atom. The highest BCUT2D eigenvalue weighted by Gasteiger charge is 2.37. The minimum Gasteiger partial charge on any atom is -0.467 e.